The molecule has 1 aliphatic rings. The number of benzene rings is 2. The van der Waals surface area contributed by atoms with Crippen molar-refractivity contribution in [3.05, 3.63) is 78.5 Å². The first-order chi connectivity index (χ1) is 18.2. The molecule has 198 valence electrons. The first-order valence-corrected chi connectivity index (χ1v) is 12.2. The second kappa shape index (κ2) is 10.9. The number of hydrogen-bond donors (Lipinski definition) is 0. The Kier molecular flexibility index (Phi) is 7.67. The largest absolute Gasteiger partial charge is 0.493 e. The summed E-state index contributed by atoms with van der Waals surface area (Å²) >= 11 is 1.18. The number of esters is 2. The van der Waals surface area contributed by atoms with Gasteiger partial charge < -0.3 is 23.7 Å². The molecule has 0 bridgehead atoms. The minimum Gasteiger partial charge on any atom is -0.493 e. The van der Waals surface area contributed by atoms with Crippen molar-refractivity contribution in [3.63, 3.8) is 0 Å². The van der Waals surface area contributed by atoms with Crippen molar-refractivity contribution in [2.45, 2.75) is 19.9 Å². The second-order valence-corrected chi connectivity index (χ2v) is 9.17. The molecule has 3 aromatic rings. The molecule has 0 radical (unpaired) electrons. The molecule has 4 rings (SSSR count). The van der Waals surface area contributed by atoms with Gasteiger partial charge in [0.05, 0.1) is 50.3 Å². The molecule has 0 saturated carbocycles. The number of rotatable bonds is 7. The highest BCUT2D eigenvalue weighted by atomic mass is 32.1. The highest BCUT2D eigenvalue weighted by Gasteiger charge is 2.33. The van der Waals surface area contributed by atoms with Crippen LogP contribution in [0.3, 0.4) is 0 Å². The fraction of sp³-hybridized carbons (Fsp3) is 0.259. The Labute approximate surface area is 222 Å². The molecule has 1 aliphatic heterocycles. The van der Waals surface area contributed by atoms with E-state index in [-0.39, 0.29) is 22.6 Å². The molecular weight excluding hydrogens is 512 g/mol. The molecule has 11 heteroatoms. The van der Waals surface area contributed by atoms with Gasteiger partial charge in [0.15, 0.2) is 27.8 Å². The van der Waals surface area contributed by atoms with Crippen molar-refractivity contribution in [1.82, 2.24) is 4.57 Å². The van der Waals surface area contributed by atoms with Gasteiger partial charge in [-0.15, -0.1) is 0 Å². The van der Waals surface area contributed by atoms with Gasteiger partial charge in [-0.3, -0.25) is 14.2 Å². The van der Waals surface area contributed by atoms with Crippen LogP contribution in [-0.2, 0) is 14.3 Å². The zero-order valence-corrected chi connectivity index (χ0v) is 22.5. The van der Waals surface area contributed by atoms with Crippen LogP contribution < -0.4 is 33.8 Å². The minimum absolute atomic E-state index is 0.202. The van der Waals surface area contributed by atoms with Gasteiger partial charge >= 0.3 is 11.9 Å². The van der Waals surface area contributed by atoms with Gasteiger partial charge in [0, 0.05) is 12.5 Å². The molecule has 10 nitrogen and oxygen atoms in total. The third-order valence-corrected chi connectivity index (χ3v) is 6.89. The van der Waals surface area contributed by atoms with Crippen LogP contribution in [0.25, 0.3) is 6.08 Å². The van der Waals surface area contributed by atoms with E-state index in [9.17, 15) is 14.4 Å². The van der Waals surface area contributed by atoms with Crippen LogP contribution in [0.4, 0.5) is 0 Å². The van der Waals surface area contributed by atoms with Crippen LogP contribution in [0, 0.1) is 0 Å². The standard InChI is InChI=1S/C27H26N2O8S/c1-14-22(26(32)36-6)23(16-10-11-18(37-15(2)30)20(12-16)34-4)29-25(31)21(38-27(29)28-14)13-17-8-7-9-19(33-3)24(17)35-5/h7-13,23H,1-6H3/b21-13+. The minimum atomic E-state index is -0.867. The molecule has 0 saturated heterocycles. The summed E-state index contributed by atoms with van der Waals surface area (Å²) in [7, 11) is 5.76. The van der Waals surface area contributed by atoms with Crippen molar-refractivity contribution in [3.8, 4) is 23.0 Å². The van der Waals surface area contributed by atoms with E-state index in [0.29, 0.717) is 37.7 Å². The van der Waals surface area contributed by atoms with E-state index in [0.717, 1.165) is 0 Å². The van der Waals surface area contributed by atoms with E-state index < -0.39 is 18.0 Å². The molecule has 2 aromatic carbocycles. The van der Waals surface area contributed by atoms with Crippen molar-refractivity contribution in [2.75, 3.05) is 28.4 Å². The summed E-state index contributed by atoms with van der Waals surface area (Å²) < 4.78 is 28.4. The molecule has 2 heterocycles. The fourth-order valence-corrected chi connectivity index (χ4v) is 5.31. The van der Waals surface area contributed by atoms with Crippen LogP contribution in [0.5, 0.6) is 23.0 Å². The van der Waals surface area contributed by atoms with Crippen molar-refractivity contribution >= 4 is 29.4 Å². The third-order valence-electron chi connectivity index (χ3n) is 5.90. The summed E-state index contributed by atoms with van der Waals surface area (Å²) in [6.45, 7) is 2.97. The molecule has 1 unspecified atom stereocenters. The van der Waals surface area contributed by atoms with E-state index in [4.69, 9.17) is 23.7 Å². The van der Waals surface area contributed by atoms with Crippen LogP contribution in [0.15, 0.2) is 57.5 Å². The molecule has 0 spiro atoms. The first-order valence-electron chi connectivity index (χ1n) is 11.4. The topological polar surface area (TPSA) is 115 Å². The number of thiazole rings is 1. The number of allylic oxidation sites excluding steroid dienone is 1. The average Bonchev–Trinajstić information content (AvgIpc) is 3.21. The molecule has 0 fully saturated rings. The SMILES string of the molecule is COC(=O)C1=C(C)N=c2s/c(=C/c3cccc(OC)c3OC)c(=O)n2C1c1ccc(OC(C)=O)c(OC)c1. The summed E-state index contributed by atoms with van der Waals surface area (Å²) in [6, 6.07) is 9.33. The zero-order valence-electron chi connectivity index (χ0n) is 21.7. The maximum atomic E-state index is 13.8. The van der Waals surface area contributed by atoms with Crippen LogP contribution in [0.1, 0.15) is 31.0 Å². The third kappa shape index (κ3) is 4.80. The van der Waals surface area contributed by atoms with Gasteiger partial charge in [0.25, 0.3) is 5.56 Å². The Morgan fingerprint density at radius 3 is 2.37 bits per heavy atom. The number of nitrogens with zero attached hydrogens (tertiary/aromatic N) is 2. The summed E-state index contributed by atoms with van der Waals surface area (Å²) in [5, 5.41) is 0. The summed E-state index contributed by atoms with van der Waals surface area (Å²) in [6.07, 6.45) is 1.70. The first kappa shape index (κ1) is 26.7. The maximum absolute atomic E-state index is 13.8. The van der Waals surface area contributed by atoms with E-state index in [1.165, 1.54) is 51.3 Å². The zero-order chi connectivity index (χ0) is 27.6. The van der Waals surface area contributed by atoms with Crippen molar-refractivity contribution < 1.29 is 33.3 Å². The van der Waals surface area contributed by atoms with Gasteiger partial charge in [0.2, 0.25) is 0 Å². The molecule has 0 N–H and O–H groups in total. The summed E-state index contributed by atoms with van der Waals surface area (Å²) in [5.74, 6) is 0.345. The number of fused-ring (bicyclic) bond motifs is 1. The van der Waals surface area contributed by atoms with Crippen LogP contribution in [-0.4, -0.2) is 44.9 Å². The van der Waals surface area contributed by atoms with E-state index in [2.05, 4.69) is 4.99 Å². The highest BCUT2D eigenvalue weighted by Crippen LogP contribution is 2.36. The molecular formula is C27H26N2O8S. The number of carbonyl (C=O) groups is 2. The average molecular weight is 539 g/mol. The smallest absolute Gasteiger partial charge is 0.338 e. The number of aromatic nitrogens is 1. The summed E-state index contributed by atoms with van der Waals surface area (Å²) in [5.41, 5.74) is 1.44. The molecule has 0 amide bonds. The van der Waals surface area contributed by atoms with E-state index in [1.807, 2.05) is 0 Å². The Balaban J connectivity index is 1.97. The fourth-order valence-electron chi connectivity index (χ4n) is 4.27. The van der Waals surface area contributed by atoms with Gasteiger partial charge in [-0.2, -0.15) is 0 Å². The molecule has 1 atom stereocenters. The Bertz CT molecular complexity index is 1630. The second-order valence-electron chi connectivity index (χ2n) is 8.16. The van der Waals surface area contributed by atoms with Crippen molar-refractivity contribution in [1.29, 1.82) is 0 Å². The number of ether oxygens (including phenoxy) is 5. The summed E-state index contributed by atoms with van der Waals surface area (Å²) in [4.78, 5) is 43.2. The monoisotopic (exact) mass is 538 g/mol. The lowest BCUT2D eigenvalue weighted by atomic mass is 9.95. The van der Waals surface area contributed by atoms with Gasteiger partial charge in [-0.25, -0.2) is 9.79 Å². The lowest BCUT2D eigenvalue weighted by molar-refractivity contribution is -0.136. The van der Waals surface area contributed by atoms with Crippen molar-refractivity contribution in [2.24, 2.45) is 4.99 Å². The molecule has 0 aliphatic carbocycles. The van der Waals surface area contributed by atoms with E-state index >= 15 is 0 Å². The normalized spacial score (nSPS) is 14.9. The van der Waals surface area contributed by atoms with E-state index in [1.54, 1.807) is 49.4 Å². The number of methoxy groups -OCH3 is 4. The maximum Gasteiger partial charge on any atom is 0.338 e. The lowest BCUT2D eigenvalue weighted by Gasteiger charge is -2.25. The quantitative estimate of drug-likeness (QED) is 0.333. The molecule has 1 aromatic heterocycles. The lowest BCUT2D eigenvalue weighted by Crippen LogP contribution is -2.39. The Morgan fingerprint density at radius 1 is 1.00 bits per heavy atom. The number of para-hydroxylation sites is 1. The predicted octanol–water partition coefficient (Wildman–Crippen LogP) is 2.36. The number of carbonyl (C=O) groups excluding carboxylic acids is 2. The van der Waals surface area contributed by atoms with Crippen LogP contribution in [0.2, 0.25) is 0 Å². The van der Waals surface area contributed by atoms with Gasteiger partial charge in [-0.05, 0) is 36.8 Å². The van der Waals surface area contributed by atoms with Gasteiger partial charge in [0.1, 0.15) is 0 Å². The van der Waals surface area contributed by atoms with Gasteiger partial charge in [-0.1, -0.05) is 29.5 Å². The molecule has 38 heavy (non-hydrogen) atoms. The van der Waals surface area contributed by atoms with Crippen LogP contribution >= 0.6 is 11.3 Å². The number of hydrogen-bond acceptors (Lipinski definition) is 10. The predicted molar refractivity (Wildman–Crippen MR) is 140 cm³/mol. The Hall–Kier alpha value is -4.38. The Morgan fingerprint density at radius 2 is 1.74 bits per heavy atom. The highest BCUT2D eigenvalue weighted by molar-refractivity contribution is 7.07.